The molecule has 0 spiro atoms. The Labute approximate surface area is 143 Å². The van der Waals surface area contributed by atoms with Crippen LogP contribution in [0.25, 0.3) is 0 Å². The number of morpholine rings is 1. The van der Waals surface area contributed by atoms with Gasteiger partial charge in [0.15, 0.2) is 0 Å². The Morgan fingerprint density at radius 3 is 2.83 bits per heavy atom. The molecule has 136 valence electrons. The minimum Gasteiger partial charge on any atom is -0.393 e. The molecule has 2 N–H and O–H groups in total. The normalized spacial score (nSPS) is 35.2. The first kappa shape index (κ1) is 17.7. The van der Waals surface area contributed by atoms with Gasteiger partial charge in [0.1, 0.15) is 0 Å². The van der Waals surface area contributed by atoms with E-state index in [0.29, 0.717) is 19.8 Å². The lowest BCUT2D eigenvalue weighted by Crippen LogP contribution is -2.55. The fraction of sp³-hybridized carbons (Fsp3) is 0.889. The Balaban J connectivity index is 1.65. The lowest BCUT2D eigenvalue weighted by Gasteiger charge is -2.43. The van der Waals surface area contributed by atoms with Crippen LogP contribution in [-0.4, -0.2) is 60.3 Å². The van der Waals surface area contributed by atoms with Crippen LogP contribution < -0.4 is 5.32 Å². The minimum atomic E-state index is -0.345. The number of carbonyl (C=O) groups is 2. The van der Waals surface area contributed by atoms with Crippen LogP contribution in [0.3, 0.4) is 0 Å². The summed E-state index contributed by atoms with van der Waals surface area (Å²) < 4.78 is 5.61. The quantitative estimate of drug-likeness (QED) is 0.807. The SMILES string of the molecule is O=C1NCCCCC1CC(=O)N1CCOCC1C1CCCCC1O. The summed E-state index contributed by atoms with van der Waals surface area (Å²) in [6.07, 6.45) is 6.63. The summed E-state index contributed by atoms with van der Waals surface area (Å²) in [6.45, 7) is 2.34. The van der Waals surface area contributed by atoms with Crippen molar-refractivity contribution in [1.82, 2.24) is 10.2 Å². The zero-order chi connectivity index (χ0) is 16.9. The predicted octanol–water partition coefficient (Wildman–Crippen LogP) is 1.07. The molecule has 0 aromatic heterocycles. The molecule has 0 aromatic rings. The highest BCUT2D eigenvalue weighted by Gasteiger charge is 2.39. The number of aliphatic hydroxyl groups is 1. The Morgan fingerprint density at radius 2 is 2.00 bits per heavy atom. The average Bonchev–Trinajstić information content (AvgIpc) is 2.80. The van der Waals surface area contributed by atoms with Gasteiger partial charge in [-0.25, -0.2) is 0 Å². The van der Waals surface area contributed by atoms with Gasteiger partial charge >= 0.3 is 0 Å². The van der Waals surface area contributed by atoms with Gasteiger partial charge < -0.3 is 20.1 Å². The van der Waals surface area contributed by atoms with E-state index in [0.717, 1.165) is 51.5 Å². The number of hydrogen-bond acceptors (Lipinski definition) is 4. The third-order valence-electron chi connectivity index (χ3n) is 5.83. The van der Waals surface area contributed by atoms with E-state index in [1.165, 1.54) is 0 Å². The largest absolute Gasteiger partial charge is 0.393 e. The van der Waals surface area contributed by atoms with E-state index in [1.54, 1.807) is 0 Å². The lowest BCUT2D eigenvalue weighted by molar-refractivity contribution is -0.148. The van der Waals surface area contributed by atoms with Crippen molar-refractivity contribution in [3.8, 4) is 0 Å². The predicted molar refractivity (Wildman–Crippen MR) is 89.3 cm³/mol. The Bertz CT molecular complexity index is 456. The van der Waals surface area contributed by atoms with Gasteiger partial charge in [-0.15, -0.1) is 0 Å². The van der Waals surface area contributed by atoms with Crippen LogP contribution in [0, 0.1) is 11.8 Å². The maximum atomic E-state index is 12.9. The molecule has 4 atom stereocenters. The summed E-state index contributed by atoms with van der Waals surface area (Å²) in [6, 6.07) is -0.0459. The van der Waals surface area contributed by atoms with Crippen LogP contribution in [0.1, 0.15) is 51.4 Å². The second kappa shape index (κ2) is 8.30. The molecule has 2 heterocycles. The van der Waals surface area contributed by atoms with Crippen LogP contribution in [0.4, 0.5) is 0 Å². The topological polar surface area (TPSA) is 78.9 Å². The summed E-state index contributed by atoms with van der Waals surface area (Å²) in [5.41, 5.74) is 0. The van der Waals surface area contributed by atoms with E-state index in [4.69, 9.17) is 4.74 Å². The van der Waals surface area contributed by atoms with Gasteiger partial charge in [-0.05, 0) is 25.7 Å². The first-order chi connectivity index (χ1) is 11.7. The van der Waals surface area contributed by atoms with E-state index >= 15 is 0 Å². The van der Waals surface area contributed by atoms with Crippen LogP contribution in [0.5, 0.6) is 0 Å². The van der Waals surface area contributed by atoms with Crippen molar-refractivity contribution in [2.45, 2.75) is 63.5 Å². The van der Waals surface area contributed by atoms with Gasteiger partial charge in [0, 0.05) is 31.3 Å². The number of amides is 2. The van der Waals surface area contributed by atoms with E-state index in [-0.39, 0.29) is 42.2 Å². The van der Waals surface area contributed by atoms with Crippen molar-refractivity contribution in [3.05, 3.63) is 0 Å². The van der Waals surface area contributed by atoms with Gasteiger partial charge in [-0.3, -0.25) is 9.59 Å². The standard InChI is InChI=1S/C18H30N2O4/c21-16-7-2-1-6-14(16)15-12-24-10-9-20(15)17(22)11-13-5-3-4-8-19-18(13)23/h13-16,21H,1-12H2,(H,19,23). The van der Waals surface area contributed by atoms with Crippen molar-refractivity contribution in [1.29, 1.82) is 0 Å². The third kappa shape index (κ3) is 4.09. The minimum absolute atomic E-state index is 0.0170. The highest BCUT2D eigenvalue weighted by atomic mass is 16.5. The number of aliphatic hydroxyl groups excluding tert-OH is 1. The van der Waals surface area contributed by atoms with Crippen molar-refractivity contribution < 1.29 is 19.4 Å². The first-order valence-corrected chi connectivity index (χ1v) is 9.50. The Hall–Kier alpha value is -1.14. The highest BCUT2D eigenvalue weighted by molar-refractivity contribution is 5.86. The summed E-state index contributed by atoms with van der Waals surface area (Å²) in [5, 5.41) is 13.3. The molecule has 3 aliphatic rings. The van der Waals surface area contributed by atoms with Crippen molar-refractivity contribution in [2.24, 2.45) is 11.8 Å². The summed E-state index contributed by atoms with van der Waals surface area (Å²) in [7, 11) is 0. The first-order valence-electron chi connectivity index (χ1n) is 9.50. The van der Waals surface area contributed by atoms with Gasteiger partial charge in [-0.2, -0.15) is 0 Å². The van der Waals surface area contributed by atoms with Crippen LogP contribution in [0.15, 0.2) is 0 Å². The number of nitrogens with zero attached hydrogens (tertiary/aromatic N) is 1. The van der Waals surface area contributed by atoms with Crippen LogP contribution >= 0.6 is 0 Å². The van der Waals surface area contributed by atoms with Gasteiger partial charge in [0.2, 0.25) is 11.8 Å². The van der Waals surface area contributed by atoms with Crippen LogP contribution in [0.2, 0.25) is 0 Å². The number of ether oxygens (including phenoxy) is 1. The Kier molecular flexibility index (Phi) is 6.11. The highest BCUT2D eigenvalue weighted by Crippen LogP contribution is 2.31. The molecule has 24 heavy (non-hydrogen) atoms. The maximum Gasteiger partial charge on any atom is 0.223 e. The molecule has 1 aliphatic carbocycles. The van der Waals surface area contributed by atoms with Gasteiger partial charge in [0.25, 0.3) is 0 Å². The zero-order valence-corrected chi connectivity index (χ0v) is 14.4. The fourth-order valence-corrected chi connectivity index (χ4v) is 4.40. The molecule has 2 aliphatic heterocycles. The number of hydrogen-bond donors (Lipinski definition) is 2. The summed E-state index contributed by atoms with van der Waals surface area (Å²) in [5.74, 6) is -0.0442. The number of nitrogens with one attached hydrogen (secondary N) is 1. The molecule has 4 unspecified atom stereocenters. The van der Waals surface area contributed by atoms with E-state index in [9.17, 15) is 14.7 Å². The second-order valence-corrected chi connectivity index (χ2v) is 7.43. The van der Waals surface area contributed by atoms with Gasteiger partial charge in [-0.1, -0.05) is 19.3 Å². The monoisotopic (exact) mass is 338 g/mol. The molecule has 1 saturated carbocycles. The molecular formula is C18H30N2O4. The smallest absolute Gasteiger partial charge is 0.223 e. The molecule has 6 nitrogen and oxygen atoms in total. The van der Waals surface area contributed by atoms with Crippen LogP contribution in [-0.2, 0) is 14.3 Å². The lowest BCUT2D eigenvalue weighted by atomic mass is 9.80. The average molecular weight is 338 g/mol. The van der Waals surface area contributed by atoms with E-state index in [2.05, 4.69) is 5.32 Å². The van der Waals surface area contributed by atoms with E-state index < -0.39 is 0 Å². The summed E-state index contributed by atoms with van der Waals surface area (Å²) in [4.78, 5) is 26.9. The second-order valence-electron chi connectivity index (χ2n) is 7.43. The molecular weight excluding hydrogens is 308 g/mol. The molecule has 3 rings (SSSR count). The van der Waals surface area contributed by atoms with Gasteiger partial charge in [0.05, 0.1) is 25.4 Å². The summed E-state index contributed by atoms with van der Waals surface area (Å²) >= 11 is 0. The fourth-order valence-electron chi connectivity index (χ4n) is 4.40. The molecule has 2 amide bonds. The Morgan fingerprint density at radius 1 is 1.21 bits per heavy atom. The molecule has 0 radical (unpaired) electrons. The number of rotatable bonds is 3. The number of carbonyl (C=O) groups excluding carboxylic acids is 2. The van der Waals surface area contributed by atoms with Crippen molar-refractivity contribution >= 4 is 11.8 Å². The molecule has 0 bridgehead atoms. The molecule has 0 aromatic carbocycles. The zero-order valence-electron chi connectivity index (χ0n) is 14.4. The maximum absolute atomic E-state index is 12.9. The third-order valence-corrected chi connectivity index (χ3v) is 5.83. The molecule has 6 heteroatoms. The molecule has 3 fully saturated rings. The molecule has 2 saturated heterocycles. The van der Waals surface area contributed by atoms with Crippen molar-refractivity contribution in [2.75, 3.05) is 26.3 Å². The van der Waals surface area contributed by atoms with E-state index in [1.807, 2.05) is 4.90 Å². The van der Waals surface area contributed by atoms with Crippen molar-refractivity contribution in [3.63, 3.8) is 0 Å².